The fourth-order valence-electron chi connectivity index (χ4n) is 4.19. The van der Waals surface area contributed by atoms with Crippen LogP contribution in [0.1, 0.15) is 30.5 Å². The Morgan fingerprint density at radius 2 is 1.61 bits per heavy atom. The van der Waals surface area contributed by atoms with Crippen molar-refractivity contribution in [3.05, 3.63) is 89.5 Å². The van der Waals surface area contributed by atoms with E-state index in [0.29, 0.717) is 27.8 Å². The lowest BCUT2D eigenvalue weighted by Gasteiger charge is -2.18. The summed E-state index contributed by atoms with van der Waals surface area (Å²) in [4.78, 5) is 15.4. The van der Waals surface area contributed by atoms with E-state index in [1.54, 1.807) is 32.0 Å². The molecule has 8 heteroatoms. The first kappa shape index (κ1) is 25.9. The molecule has 3 aromatic rings. The molecule has 36 heavy (non-hydrogen) atoms. The Morgan fingerprint density at radius 1 is 0.944 bits per heavy atom. The molecule has 0 spiro atoms. The van der Waals surface area contributed by atoms with Crippen LogP contribution < -0.4 is 15.9 Å². The van der Waals surface area contributed by atoms with E-state index in [9.17, 15) is 9.36 Å². The second kappa shape index (κ2) is 11.2. The van der Waals surface area contributed by atoms with Gasteiger partial charge in [-0.25, -0.2) is 0 Å². The Kier molecular flexibility index (Phi) is 8.07. The zero-order valence-electron chi connectivity index (χ0n) is 21.1. The summed E-state index contributed by atoms with van der Waals surface area (Å²) >= 11 is 0. The number of hydrogen-bond acceptors (Lipinski definition) is 6. The van der Waals surface area contributed by atoms with Crippen LogP contribution in [0.3, 0.4) is 0 Å². The minimum Gasteiger partial charge on any atom is -0.354 e. The quantitative estimate of drug-likeness (QED) is 0.277. The largest absolute Gasteiger partial charge is 0.361 e. The number of benzene rings is 3. The van der Waals surface area contributed by atoms with Crippen LogP contribution in [0.2, 0.25) is 0 Å². The third kappa shape index (κ3) is 5.61. The maximum absolute atomic E-state index is 13.5. The Balaban J connectivity index is 1.83. The number of fused-ring (bicyclic) bond motifs is 1. The average molecular weight is 506 g/mol. The predicted octanol–water partition coefficient (Wildman–Crippen LogP) is 5.57. The number of hydrogen-bond donors (Lipinski definition) is 2. The predicted molar refractivity (Wildman–Crippen MR) is 146 cm³/mol. The molecule has 0 unspecified atom stereocenters. The molecular formula is C28H32N3O4P. The van der Waals surface area contributed by atoms with E-state index < -0.39 is 7.60 Å². The first-order valence-corrected chi connectivity index (χ1v) is 13.5. The summed E-state index contributed by atoms with van der Waals surface area (Å²) in [6, 6.07) is 23.0. The molecule has 0 bridgehead atoms. The summed E-state index contributed by atoms with van der Waals surface area (Å²) in [5.74, 6) is -0.236. The SMILES string of the molecule is CCOP(=O)(OCC)c1ccc2c(c1)/C(=C(/Nc1ccc(CN(C)C)cc1)c1ccccc1)C(=O)N2. The van der Waals surface area contributed by atoms with Gasteiger partial charge in [0.1, 0.15) is 0 Å². The number of nitrogens with one attached hydrogen (secondary N) is 2. The van der Waals surface area contributed by atoms with Gasteiger partial charge < -0.3 is 24.6 Å². The Hall–Kier alpha value is -3.22. The van der Waals surface area contributed by atoms with E-state index in [4.69, 9.17) is 9.05 Å². The van der Waals surface area contributed by atoms with E-state index in [0.717, 1.165) is 17.8 Å². The third-order valence-electron chi connectivity index (χ3n) is 5.70. The van der Waals surface area contributed by atoms with Crippen LogP contribution in [0, 0.1) is 0 Å². The van der Waals surface area contributed by atoms with Crippen LogP contribution in [0.15, 0.2) is 72.8 Å². The van der Waals surface area contributed by atoms with Crippen LogP contribution in [0.25, 0.3) is 11.3 Å². The second-order valence-corrected chi connectivity index (χ2v) is 10.7. The number of anilines is 2. The highest BCUT2D eigenvalue weighted by Crippen LogP contribution is 2.48. The third-order valence-corrected chi connectivity index (χ3v) is 7.80. The van der Waals surface area contributed by atoms with Crippen molar-refractivity contribution in [1.82, 2.24) is 4.90 Å². The van der Waals surface area contributed by atoms with Crippen LogP contribution >= 0.6 is 7.60 Å². The molecule has 0 radical (unpaired) electrons. The van der Waals surface area contributed by atoms with Gasteiger partial charge in [0.15, 0.2) is 0 Å². The molecule has 0 aliphatic carbocycles. The fraction of sp³-hybridized carbons (Fsp3) is 0.250. The molecule has 0 fully saturated rings. The molecule has 3 aromatic carbocycles. The van der Waals surface area contributed by atoms with Crippen molar-refractivity contribution < 1.29 is 18.4 Å². The summed E-state index contributed by atoms with van der Waals surface area (Å²) in [5, 5.41) is 6.83. The molecule has 2 N–H and O–H groups in total. The number of carbonyl (C=O) groups excluding carboxylic acids is 1. The molecule has 1 aliphatic rings. The number of nitrogens with zero attached hydrogens (tertiary/aromatic N) is 1. The molecule has 1 amide bonds. The van der Waals surface area contributed by atoms with Gasteiger partial charge in [0.25, 0.3) is 5.91 Å². The summed E-state index contributed by atoms with van der Waals surface area (Å²) in [6.45, 7) is 4.88. The van der Waals surface area contributed by atoms with Crippen molar-refractivity contribution in [2.45, 2.75) is 20.4 Å². The number of amides is 1. The summed E-state index contributed by atoms with van der Waals surface area (Å²) in [5.41, 5.74) is 5.33. The summed E-state index contributed by atoms with van der Waals surface area (Å²) in [6.07, 6.45) is 0. The molecule has 0 saturated heterocycles. The Morgan fingerprint density at radius 3 is 2.22 bits per heavy atom. The van der Waals surface area contributed by atoms with Gasteiger partial charge >= 0.3 is 7.60 Å². The minimum atomic E-state index is -3.52. The van der Waals surface area contributed by atoms with Crippen molar-refractivity contribution in [3.63, 3.8) is 0 Å². The zero-order valence-corrected chi connectivity index (χ0v) is 22.0. The van der Waals surface area contributed by atoms with Crippen LogP contribution in [-0.4, -0.2) is 38.1 Å². The van der Waals surface area contributed by atoms with Gasteiger partial charge in [-0.15, -0.1) is 0 Å². The van der Waals surface area contributed by atoms with Gasteiger partial charge in [0.2, 0.25) is 0 Å². The summed E-state index contributed by atoms with van der Waals surface area (Å²) in [7, 11) is 0.542. The van der Waals surface area contributed by atoms with Gasteiger partial charge in [-0.2, -0.15) is 0 Å². The lowest BCUT2D eigenvalue weighted by molar-refractivity contribution is -0.110. The van der Waals surface area contributed by atoms with Crippen LogP contribution in [0.4, 0.5) is 11.4 Å². The van der Waals surface area contributed by atoms with Gasteiger partial charge in [0.05, 0.1) is 29.8 Å². The molecular weight excluding hydrogens is 473 g/mol. The maximum Gasteiger partial charge on any atom is 0.361 e. The lowest BCUT2D eigenvalue weighted by atomic mass is 10.00. The topological polar surface area (TPSA) is 79.9 Å². The van der Waals surface area contributed by atoms with Crippen molar-refractivity contribution in [1.29, 1.82) is 0 Å². The van der Waals surface area contributed by atoms with Crippen molar-refractivity contribution in [3.8, 4) is 0 Å². The normalized spacial score (nSPS) is 14.5. The molecule has 7 nitrogen and oxygen atoms in total. The Labute approximate surface area is 212 Å². The van der Waals surface area contributed by atoms with E-state index in [1.807, 2.05) is 56.6 Å². The molecule has 0 saturated carbocycles. The standard InChI is InChI=1S/C28H32N3O4P/c1-5-34-36(33,35-6-2)23-16-17-25-24(18-23)26(28(32)30-25)27(21-10-8-7-9-11-21)29-22-14-12-20(13-15-22)19-31(3)4/h7-18,29H,5-6,19H2,1-4H3,(H,30,32)/b27-26-. The van der Waals surface area contributed by atoms with Gasteiger partial charge in [-0.3, -0.25) is 9.36 Å². The molecule has 0 aromatic heterocycles. The van der Waals surface area contributed by atoms with Crippen LogP contribution in [0.5, 0.6) is 0 Å². The molecule has 4 rings (SSSR count). The fourth-order valence-corrected chi connectivity index (χ4v) is 5.78. The molecule has 0 atom stereocenters. The lowest BCUT2D eigenvalue weighted by Crippen LogP contribution is -2.12. The minimum absolute atomic E-state index is 0.236. The second-order valence-electron chi connectivity index (χ2n) is 8.69. The summed E-state index contributed by atoms with van der Waals surface area (Å²) < 4.78 is 24.6. The van der Waals surface area contributed by atoms with Crippen molar-refractivity contribution in [2.24, 2.45) is 0 Å². The van der Waals surface area contributed by atoms with E-state index >= 15 is 0 Å². The van der Waals surface area contributed by atoms with E-state index in [2.05, 4.69) is 27.7 Å². The highest BCUT2D eigenvalue weighted by Gasteiger charge is 2.33. The van der Waals surface area contributed by atoms with E-state index in [1.165, 1.54) is 5.56 Å². The number of carbonyl (C=O) groups is 1. The van der Waals surface area contributed by atoms with Gasteiger partial charge in [0, 0.05) is 23.5 Å². The highest BCUT2D eigenvalue weighted by molar-refractivity contribution is 7.62. The van der Waals surface area contributed by atoms with Gasteiger partial charge in [-0.1, -0.05) is 42.5 Å². The van der Waals surface area contributed by atoms with Crippen LogP contribution in [-0.2, 0) is 25.0 Å². The highest BCUT2D eigenvalue weighted by atomic mass is 31.2. The molecule has 1 heterocycles. The van der Waals surface area contributed by atoms with Gasteiger partial charge in [-0.05, 0) is 69.4 Å². The first-order chi connectivity index (χ1) is 17.3. The van der Waals surface area contributed by atoms with E-state index in [-0.39, 0.29) is 19.1 Å². The Bertz CT molecular complexity index is 1290. The molecule has 1 aliphatic heterocycles. The van der Waals surface area contributed by atoms with Crippen molar-refractivity contribution in [2.75, 3.05) is 37.9 Å². The first-order valence-electron chi connectivity index (χ1n) is 12.0. The maximum atomic E-state index is 13.5. The zero-order chi connectivity index (χ0) is 25.7. The average Bonchev–Trinajstić information content (AvgIpc) is 3.19. The smallest absolute Gasteiger partial charge is 0.354 e. The van der Waals surface area contributed by atoms with Crippen molar-refractivity contribution >= 4 is 41.5 Å². The molecule has 188 valence electrons. The number of rotatable bonds is 10. The monoisotopic (exact) mass is 505 g/mol.